The SMILES string of the molecule is CN(C)c1ccc2c(c1)[C@@](C#C/C=C/C1CCCCC1)(C(F)(F)F)NC(=O)N2. The van der Waals surface area contributed by atoms with E-state index in [2.05, 4.69) is 17.2 Å². The number of nitrogens with zero attached hydrogens (tertiary/aromatic N) is 1. The topological polar surface area (TPSA) is 44.4 Å². The average Bonchev–Trinajstić information content (AvgIpc) is 2.64. The molecule has 4 nitrogen and oxygen atoms in total. The summed E-state index contributed by atoms with van der Waals surface area (Å²) >= 11 is 0. The lowest BCUT2D eigenvalue weighted by atomic mass is 9.86. The lowest BCUT2D eigenvalue weighted by molar-refractivity contribution is -0.178. The van der Waals surface area contributed by atoms with Crippen molar-refractivity contribution in [3.63, 3.8) is 0 Å². The Morgan fingerprint density at radius 1 is 1.21 bits per heavy atom. The lowest BCUT2D eigenvalue weighted by Crippen LogP contribution is -2.59. The van der Waals surface area contributed by atoms with E-state index in [1.54, 1.807) is 25.1 Å². The molecular weight excluding hydrogens is 367 g/mol. The number of allylic oxidation sites excluding steroid dienone is 2. The molecule has 1 saturated carbocycles. The van der Waals surface area contributed by atoms with Crippen molar-refractivity contribution < 1.29 is 18.0 Å². The molecule has 0 saturated heterocycles. The Morgan fingerprint density at radius 3 is 2.57 bits per heavy atom. The van der Waals surface area contributed by atoms with Crippen molar-refractivity contribution in [1.82, 2.24) is 5.32 Å². The summed E-state index contributed by atoms with van der Waals surface area (Å²) < 4.78 is 42.5. The molecule has 0 spiro atoms. The minimum absolute atomic E-state index is 0.107. The molecule has 7 heteroatoms. The quantitative estimate of drug-likeness (QED) is 0.713. The normalized spacial score (nSPS) is 22.7. The third kappa shape index (κ3) is 3.96. The number of carbonyl (C=O) groups excluding carboxylic acids is 1. The van der Waals surface area contributed by atoms with Crippen molar-refractivity contribution >= 4 is 17.4 Å². The Labute approximate surface area is 163 Å². The fourth-order valence-corrected chi connectivity index (χ4v) is 3.67. The molecule has 1 heterocycles. The Kier molecular flexibility index (Phi) is 5.59. The van der Waals surface area contributed by atoms with E-state index in [1.165, 1.54) is 24.6 Å². The number of urea groups is 1. The number of rotatable bonds is 2. The predicted molar refractivity (Wildman–Crippen MR) is 104 cm³/mol. The van der Waals surface area contributed by atoms with Crippen LogP contribution in [-0.2, 0) is 5.54 Å². The number of hydrogen-bond donors (Lipinski definition) is 2. The highest BCUT2D eigenvalue weighted by molar-refractivity contribution is 5.95. The molecule has 0 radical (unpaired) electrons. The van der Waals surface area contributed by atoms with Crippen molar-refractivity contribution in [3.8, 4) is 11.8 Å². The molecule has 1 aliphatic carbocycles. The number of benzene rings is 1. The first-order valence-corrected chi connectivity index (χ1v) is 9.40. The van der Waals surface area contributed by atoms with Crippen LogP contribution in [0.25, 0.3) is 0 Å². The van der Waals surface area contributed by atoms with Gasteiger partial charge in [-0.1, -0.05) is 37.2 Å². The highest BCUT2D eigenvalue weighted by Crippen LogP contribution is 2.44. The van der Waals surface area contributed by atoms with E-state index in [1.807, 2.05) is 11.4 Å². The Morgan fingerprint density at radius 2 is 1.93 bits per heavy atom. The molecule has 2 N–H and O–H groups in total. The summed E-state index contributed by atoms with van der Waals surface area (Å²) in [6.07, 6.45) is 4.15. The van der Waals surface area contributed by atoms with Crippen molar-refractivity contribution in [3.05, 3.63) is 35.9 Å². The van der Waals surface area contributed by atoms with Crippen molar-refractivity contribution in [2.45, 2.75) is 43.8 Å². The number of halogens is 3. The van der Waals surface area contributed by atoms with Gasteiger partial charge in [-0.15, -0.1) is 0 Å². The van der Waals surface area contributed by atoms with Gasteiger partial charge >= 0.3 is 12.2 Å². The van der Waals surface area contributed by atoms with E-state index in [9.17, 15) is 18.0 Å². The van der Waals surface area contributed by atoms with Crippen LogP contribution < -0.4 is 15.5 Å². The second kappa shape index (κ2) is 7.78. The number of carbonyl (C=O) groups is 1. The smallest absolute Gasteiger partial charge is 0.378 e. The number of anilines is 2. The van der Waals surface area contributed by atoms with Crippen molar-refractivity contribution in [1.29, 1.82) is 0 Å². The van der Waals surface area contributed by atoms with Crippen LogP contribution in [0.5, 0.6) is 0 Å². The standard InChI is InChI=1S/C21H24F3N3O/c1-27(2)16-11-12-18-17(14-16)20(21(22,23)24,26-19(28)25-18)13-7-6-10-15-8-4-3-5-9-15/h6,10-12,14-15H,3-5,8-9H2,1-2H3,(H2,25,26,28)/b10-6+/t20-/m0/s1. The first kappa shape index (κ1) is 20.1. The molecule has 28 heavy (non-hydrogen) atoms. The summed E-state index contributed by atoms with van der Waals surface area (Å²) in [5.74, 6) is 5.23. The Hall–Kier alpha value is -2.62. The van der Waals surface area contributed by atoms with Crippen LogP contribution in [0, 0.1) is 17.8 Å². The zero-order chi connectivity index (χ0) is 20.4. The predicted octanol–water partition coefficient (Wildman–Crippen LogP) is 4.79. The molecule has 1 aromatic carbocycles. The van der Waals surface area contributed by atoms with Crippen molar-refractivity contribution in [2.24, 2.45) is 5.92 Å². The summed E-state index contributed by atoms with van der Waals surface area (Å²) in [6.45, 7) is 0. The summed E-state index contributed by atoms with van der Waals surface area (Å²) in [5.41, 5.74) is -2.17. The van der Waals surface area contributed by atoms with Gasteiger partial charge in [-0.05, 0) is 43.0 Å². The van der Waals surface area contributed by atoms with E-state index >= 15 is 0 Å². The molecule has 0 unspecified atom stereocenters. The molecule has 0 bridgehead atoms. The second-order valence-electron chi connectivity index (χ2n) is 7.48. The minimum Gasteiger partial charge on any atom is -0.378 e. The molecule has 1 aromatic rings. The van der Waals surface area contributed by atoms with Gasteiger partial charge in [-0.2, -0.15) is 13.2 Å². The van der Waals surface area contributed by atoms with Crippen LogP contribution in [0.3, 0.4) is 0 Å². The first-order valence-electron chi connectivity index (χ1n) is 9.40. The highest BCUT2D eigenvalue weighted by Gasteiger charge is 2.59. The van der Waals surface area contributed by atoms with Gasteiger partial charge in [0.25, 0.3) is 0 Å². The summed E-state index contributed by atoms with van der Waals surface area (Å²) in [4.78, 5) is 13.7. The summed E-state index contributed by atoms with van der Waals surface area (Å²) in [6, 6.07) is 3.62. The highest BCUT2D eigenvalue weighted by atomic mass is 19.4. The van der Waals surface area contributed by atoms with Gasteiger partial charge in [0, 0.05) is 31.0 Å². The molecule has 1 fully saturated rings. The number of nitrogens with one attached hydrogen (secondary N) is 2. The molecule has 0 aromatic heterocycles. The van der Waals surface area contributed by atoms with Gasteiger partial charge in [0.15, 0.2) is 0 Å². The van der Waals surface area contributed by atoms with Gasteiger partial charge < -0.3 is 15.5 Å². The van der Waals surface area contributed by atoms with Crippen molar-refractivity contribution in [2.75, 3.05) is 24.3 Å². The van der Waals surface area contributed by atoms with Crippen LogP contribution in [0.1, 0.15) is 37.7 Å². The van der Waals surface area contributed by atoms with Crippen LogP contribution >= 0.6 is 0 Å². The van der Waals surface area contributed by atoms with E-state index < -0.39 is 17.7 Å². The number of alkyl halides is 3. The van der Waals surface area contributed by atoms with Crippen LogP contribution in [0.2, 0.25) is 0 Å². The van der Waals surface area contributed by atoms with E-state index in [0.29, 0.717) is 11.6 Å². The summed E-state index contributed by atoms with van der Waals surface area (Å²) in [5, 5.41) is 4.47. The Bertz CT molecular complexity index is 830. The lowest BCUT2D eigenvalue weighted by Gasteiger charge is -2.37. The molecule has 1 aliphatic heterocycles. The fraction of sp³-hybridized carbons (Fsp3) is 0.476. The van der Waals surface area contributed by atoms with E-state index in [4.69, 9.17) is 0 Å². The third-order valence-corrected chi connectivity index (χ3v) is 5.26. The van der Waals surface area contributed by atoms with E-state index in [-0.39, 0.29) is 11.3 Å². The van der Waals surface area contributed by atoms with Gasteiger partial charge in [0.05, 0.1) is 0 Å². The second-order valence-corrected chi connectivity index (χ2v) is 7.48. The maximum absolute atomic E-state index is 14.2. The first-order chi connectivity index (χ1) is 13.2. The molecule has 1 atom stereocenters. The zero-order valence-electron chi connectivity index (χ0n) is 16.0. The Balaban J connectivity index is 2.03. The van der Waals surface area contributed by atoms with Gasteiger partial charge in [0.1, 0.15) is 0 Å². The van der Waals surface area contributed by atoms with E-state index in [0.717, 1.165) is 25.7 Å². The monoisotopic (exact) mass is 391 g/mol. The molecule has 2 aliphatic rings. The average molecular weight is 391 g/mol. The molecular formula is C21H24F3N3O. The number of amides is 2. The maximum Gasteiger partial charge on any atom is 0.427 e. The van der Waals surface area contributed by atoms with Gasteiger partial charge in [0.2, 0.25) is 5.54 Å². The molecule has 2 amide bonds. The minimum atomic E-state index is -4.78. The third-order valence-electron chi connectivity index (χ3n) is 5.26. The molecule has 3 rings (SSSR count). The zero-order valence-corrected chi connectivity index (χ0v) is 16.0. The number of hydrogen-bond acceptors (Lipinski definition) is 2. The summed E-state index contributed by atoms with van der Waals surface area (Å²) in [7, 11) is 3.48. The fourth-order valence-electron chi connectivity index (χ4n) is 3.67. The maximum atomic E-state index is 14.2. The number of fused-ring (bicyclic) bond motifs is 1. The largest absolute Gasteiger partial charge is 0.427 e. The molecule has 150 valence electrons. The van der Waals surface area contributed by atoms with Gasteiger partial charge in [-0.25, -0.2) is 4.79 Å². The van der Waals surface area contributed by atoms with Gasteiger partial charge in [-0.3, -0.25) is 0 Å². The van der Waals surface area contributed by atoms with Crippen LogP contribution in [-0.4, -0.2) is 26.3 Å². The van der Waals surface area contributed by atoms with Crippen LogP contribution in [0.4, 0.5) is 29.3 Å². The van der Waals surface area contributed by atoms with Crippen LogP contribution in [0.15, 0.2) is 30.4 Å².